The van der Waals surface area contributed by atoms with E-state index in [1.807, 2.05) is 43.5 Å². The number of nitrogens with zero attached hydrogens (tertiary/aromatic N) is 3. The van der Waals surface area contributed by atoms with Gasteiger partial charge < -0.3 is 15.2 Å². The van der Waals surface area contributed by atoms with Crippen LogP contribution in [-0.4, -0.2) is 32.3 Å². The summed E-state index contributed by atoms with van der Waals surface area (Å²) in [5.74, 6) is 0.322. The largest absolute Gasteiger partial charge is 0.345 e. The Hall–Kier alpha value is -2.55. The molecule has 0 bridgehead atoms. The molecule has 0 aliphatic heterocycles. The number of nitrogens with one attached hydrogen (secondary N) is 2. The van der Waals surface area contributed by atoms with Crippen molar-refractivity contribution in [2.24, 2.45) is 0 Å². The van der Waals surface area contributed by atoms with Gasteiger partial charge in [-0.3, -0.25) is 9.59 Å². The number of aromatic nitrogens is 3. The van der Waals surface area contributed by atoms with Crippen molar-refractivity contribution < 1.29 is 9.59 Å². The molecule has 168 valence electrons. The number of amides is 2. The molecule has 0 saturated heterocycles. The maximum atomic E-state index is 12.4. The Balaban J connectivity index is 1.60. The second-order valence-corrected chi connectivity index (χ2v) is 8.82. The lowest BCUT2D eigenvalue weighted by molar-refractivity contribution is -0.113. The topological polar surface area (TPSA) is 88.9 Å². The highest BCUT2D eigenvalue weighted by Crippen LogP contribution is 2.22. The average Bonchev–Trinajstić information content (AvgIpc) is 3.15. The zero-order valence-electron chi connectivity index (χ0n) is 17.9. The first kappa shape index (κ1) is 24.1. The van der Waals surface area contributed by atoms with Crippen LogP contribution in [0.5, 0.6) is 0 Å². The molecule has 0 aliphatic rings. The zero-order valence-corrected chi connectivity index (χ0v) is 20.2. The molecule has 3 aromatic rings. The molecule has 0 radical (unpaired) electrons. The smallest absolute Gasteiger partial charge is 0.253 e. The first-order chi connectivity index (χ1) is 15.3. The summed E-state index contributed by atoms with van der Waals surface area (Å²) in [5.41, 5.74) is 3.29. The van der Waals surface area contributed by atoms with Gasteiger partial charge in [0.05, 0.1) is 22.9 Å². The number of aryl methyl sites for hydroxylation is 1. The van der Waals surface area contributed by atoms with Crippen molar-refractivity contribution in [3.63, 3.8) is 0 Å². The summed E-state index contributed by atoms with van der Waals surface area (Å²) in [7, 11) is 0. The first-order valence-corrected chi connectivity index (χ1v) is 11.7. The number of carbonyl (C=O) groups excluding carboxylic acids is 2. The van der Waals surface area contributed by atoms with Crippen molar-refractivity contribution in [2.45, 2.75) is 39.0 Å². The van der Waals surface area contributed by atoms with E-state index in [0.29, 0.717) is 28.1 Å². The van der Waals surface area contributed by atoms with Gasteiger partial charge in [-0.1, -0.05) is 47.1 Å². The van der Waals surface area contributed by atoms with Gasteiger partial charge in [0.25, 0.3) is 5.91 Å². The van der Waals surface area contributed by atoms with Crippen LogP contribution in [0.4, 0.5) is 5.69 Å². The van der Waals surface area contributed by atoms with Crippen molar-refractivity contribution in [3.05, 3.63) is 69.0 Å². The van der Waals surface area contributed by atoms with Crippen molar-refractivity contribution in [1.82, 2.24) is 20.1 Å². The second-order valence-electron chi connectivity index (χ2n) is 7.03. The summed E-state index contributed by atoms with van der Waals surface area (Å²) < 4.78 is 1.86. The molecule has 0 atom stereocenters. The van der Waals surface area contributed by atoms with Crippen LogP contribution < -0.4 is 10.6 Å². The first-order valence-electron chi connectivity index (χ1n) is 9.94. The van der Waals surface area contributed by atoms with Crippen molar-refractivity contribution in [2.75, 3.05) is 11.1 Å². The molecule has 0 saturated carbocycles. The molecule has 0 spiro atoms. The predicted molar refractivity (Wildman–Crippen MR) is 129 cm³/mol. The summed E-state index contributed by atoms with van der Waals surface area (Å²) >= 11 is 13.3. The molecule has 2 aromatic carbocycles. The zero-order chi connectivity index (χ0) is 23.3. The third-order valence-corrected chi connectivity index (χ3v) is 6.42. The number of hydrogen-bond donors (Lipinski definition) is 2. The second kappa shape index (κ2) is 10.8. The predicted octanol–water partition coefficient (Wildman–Crippen LogP) is 4.88. The molecule has 10 heteroatoms. The molecule has 1 heterocycles. The Bertz CT molecular complexity index is 1150. The van der Waals surface area contributed by atoms with Crippen LogP contribution in [0, 0.1) is 13.8 Å². The Kier molecular flexibility index (Phi) is 8.17. The van der Waals surface area contributed by atoms with Gasteiger partial charge in [-0.15, -0.1) is 10.2 Å². The average molecular weight is 492 g/mol. The molecule has 2 amide bonds. The van der Waals surface area contributed by atoms with E-state index in [2.05, 4.69) is 20.8 Å². The molecule has 0 fully saturated rings. The van der Waals surface area contributed by atoms with E-state index in [1.54, 1.807) is 12.1 Å². The van der Waals surface area contributed by atoms with Crippen LogP contribution in [0.25, 0.3) is 0 Å². The Morgan fingerprint density at radius 3 is 2.62 bits per heavy atom. The highest BCUT2D eigenvalue weighted by molar-refractivity contribution is 7.99. The molecule has 32 heavy (non-hydrogen) atoms. The van der Waals surface area contributed by atoms with Gasteiger partial charge in [-0.25, -0.2) is 0 Å². The number of thioether (sulfide) groups is 1. The van der Waals surface area contributed by atoms with Crippen LogP contribution in [0.1, 0.15) is 34.2 Å². The lowest BCUT2D eigenvalue weighted by Gasteiger charge is -2.11. The van der Waals surface area contributed by atoms with Crippen LogP contribution in [-0.2, 0) is 17.9 Å². The molecular weight excluding hydrogens is 469 g/mol. The summed E-state index contributed by atoms with van der Waals surface area (Å²) in [4.78, 5) is 24.9. The molecule has 7 nitrogen and oxygen atoms in total. The highest BCUT2D eigenvalue weighted by Gasteiger charge is 2.16. The fourth-order valence-corrected chi connectivity index (χ4v) is 4.32. The Morgan fingerprint density at radius 1 is 1.12 bits per heavy atom. The van der Waals surface area contributed by atoms with Gasteiger partial charge in [0, 0.05) is 17.3 Å². The number of hydrogen-bond acceptors (Lipinski definition) is 5. The van der Waals surface area contributed by atoms with E-state index >= 15 is 0 Å². The van der Waals surface area contributed by atoms with E-state index in [4.69, 9.17) is 23.2 Å². The monoisotopic (exact) mass is 491 g/mol. The third-order valence-electron chi connectivity index (χ3n) is 4.90. The molecular formula is C22H23Cl2N5O2S. The van der Waals surface area contributed by atoms with Crippen molar-refractivity contribution in [1.29, 1.82) is 0 Å². The summed E-state index contributed by atoms with van der Waals surface area (Å²) in [6, 6.07) is 10.5. The number of anilines is 1. The van der Waals surface area contributed by atoms with Gasteiger partial charge in [0.15, 0.2) is 11.0 Å². The van der Waals surface area contributed by atoms with Crippen LogP contribution in [0.3, 0.4) is 0 Å². The lowest BCUT2D eigenvalue weighted by Crippen LogP contribution is -2.25. The van der Waals surface area contributed by atoms with Gasteiger partial charge in [-0.2, -0.15) is 0 Å². The summed E-state index contributed by atoms with van der Waals surface area (Å²) in [6.07, 6.45) is 0. The highest BCUT2D eigenvalue weighted by atomic mass is 35.5. The van der Waals surface area contributed by atoms with E-state index in [0.717, 1.165) is 16.8 Å². The van der Waals surface area contributed by atoms with Crippen LogP contribution in [0.15, 0.2) is 41.6 Å². The number of carbonyl (C=O) groups is 2. The van der Waals surface area contributed by atoms with Crippen LogP contribution >= 0.6 is 35.0 Å². The fourth-order valence-electron chi connectivity index (χ4n) is 3.01. The SMILES string of the molecule is CCn1c(CNC(=O)c2ccc(Cl)cc2Cl)nnc1SCC(=O)Nc1cccc(C)c1C. The van der Waals surface area contributed by atoms with Gasteiger partial charge >= 0.3 is 0 Å². The van der Waals surface area contributed by atoms with Crippen molar-refractivity contribution >= 4 is 52.5 Å². The van der Waals surface area contributed by atoms with E-state index < -0.39 is 0 Å². The molecule has 1 aromatic heterocycles. The quantitative estimate of drug-likeness (QED) is 0.438. The Labute approximate surface area is 200 Å². The summed E-state index contributed by atoms with van der Waals surface area (Å²) in [5, 5.41) is 15.4. The lowest BCUT2D eigenvalue weighted by atomic mass is 10.1. The van der Waals surface area contributed by atoms with Gasteiger partial charge in [0.1, 0.15) is 0 Å². The number of halogens is 2. The molecule has 2 N–H and O–H groups in total. The number of benzene rings is 2. The maximum Gasteiger partial charge on any atom is 0.253 e. The van der Waals surface area contributed by atoms with Gasteiger partial charge in [-0.05, 0) is 56.2 Å². The minimum atomic E-state index is -0.334. The fraction of sp³-hybridized carbons (Fsp3) is 0.273. The standard InChI is InChI=1S/C22H23Cl2N5O2S/c1-4-29-19(11-25-21(31)16-9-8-15(23)10-17(16)24)27-28-22(29)32-12-20(30)26-18-7-5-6-13(2)14(18)3/h5-10H,4,11-12H2,1-3H3,(H,25,31)(H,26,30). The molecule has 0 aliphatic carbocycles. The van der Waals surface area contributed by atoms with E-state index in [1.165, 1.54) is 17.8 Å². The van der Waals surface area contributed by atoms with Crippen LogP contribution in [0.2, 0.25) is 10.0 Å². The Morgan fingerprint density at radius 2 is 1.91 bits per heavy atom. The van der Waals surface area contributed by atoms with Crippen molar-refractivity contribution in [3.8, 4) is 0 Å². The normalized spacial score (nSPS) is 10.8. The van der Waals surface area contributed by atoms with Gasteiger partial charge in [0.2, 0.25) is 5.91 Å². The third kappa shape index (κ3) is 5.82. The molecule has 3 rings (SSSR count). The van der Waals surface area contributed by atoms with E-state index in [-0.39, 0.29) is 29.1 Å². The van der Waals surface area contributed by atoms with E-state index in [9.17, 15) is 9.59 Å². The maximum absolute atomic E-state index is 12.4. The number of rotatable bonds is 8. The molecule has 0 unspecified atom stereocenters. The minimum absolute atomic E-state index is 0.124. The minimum Gasteiger partial charge on any atom is -0.345 e. The summed E-state index contributed by atoms with van der Waals surface area (Å²) in [6.45, 7) is 6.70.